The molecule has 0 aromatic carbocycles. The van der Waals surface area contributed by atoms with Gasteiger partial charge in [-0.15, -0.1) is 0 Å². The first-order chi connectivity index (χ1) is 8.83. The molecule has 5 nitrogen and oxygen atoms in total. The van der Waals surface area contributed by atoms with Crippen molar-refractivity contribution >= 4 is 0 Å². The van der Waals surface area contributed by atoms with Gasteiger partial charge in [0.25, 0.3) is 0 Å². The number of nitrogens with zero attached hydrogens (tertiary/aromatic N) is 2. The predicted molar refractivity (Wildman–Crippen MR) is 68.4 cm³/mol. The fourth-order valence-corrected chi connectivity index (χ4v) is 2.51. The van der Waals surface area contributed by atoms with E-state index < -0.39 is 0 Å². The first-order valence-electron chi connectivity index (χ1n) is 7.00. The first-order valence-corrected chi connectivity index (χ1v) is 7.00. The van der Waals surface area contributed by atoms with E-state index in [9.17, 15) is 0 Å². The second kappa shape index (κ2) is 6.85. The number of aliphatic hydroxyl groups is 1. The van der Waals surface area contributed by atoms with Crippen LogP contribution in [0, 0.1) is 0 Å². The minimum atomic E-state index is 0.268. The minimum absolute atomic E-state index is 0.268. The summed E-state index contributed by atoms with van der Waals surface area (Å²) in [6.07, 6.45) is 6.20. The number of aliphatic hydroxyl groups excluding tert-OH is 1. The summed E-state index contributed by atoms with van der Waals surface area (Å²) in [4.78, 5) is 4.42. The van der Waals surface area contributed by atoms with Crippen LogP contribution in [-0.4, -0.2) is 34.4 Å². The fraction of sp³-hybridized carbons (Fsp3) is 0.846. The molecular formula is C13H23N3O2. The maximum atomic E-state index is 8.74. The molecule has 0 unspecified atom stereocenters. The van der Waals surface area contributed by atoms with Crippen LogP contribution in [0.15, 0.2) is 4.52 Å². The van der Waals surface area contributed by atoms with E-state index in [1.54, 1.807) is 0 Å². The predicted octanol–water partition coefficient (Wildman–Crippen LogP) is 1.63. The van der Waals surface area contributed by atoms with Crippen molar-refractivity contribution in [3.05, 3.63) is 11.7 Å². The molecule has 5 heteroatoms. The number of hydrogen-bond acceptors (Lipinski definition) is 5. The van der Waals surface area contributed by atoms with E-state index in [0.717, 1.165) is 56.8 Å². The number of rotatable bonds is 6. The summed E-state index contributed by atoms with van der Waals surface area (Å²) in [5, 5.41) is 16.2. The van der Waals surface area contributed by atoms with Gasteiger partial charge >= 0.3 is 0 Å². The topological polar surface area (TPSA) is 71.2 Å². The highest BCUT2D eigenvalue weighted by Gasteiger charge is 2.25. The minimum Gasteiger partial charge on any atom is -0.396 e. The van der Waals surface area contributed by atoms with E-state index in [0.29, 0.717) is 12.0 Å². The third-order valence-electron chi connectivity index (χ3n) is 3.64. The van der Waals surface area contributed by atoms with Crippen molar-refractivity contribution in [3.8, 4) is 0 Å². The van der Waals surface area contributed by atoms with Gasteiger partial charge in [-0.1, -0.05) is 12.1 Å². The van der Waals surface area contributed by atoms with Gasteiger partial charge in [-0.25, -0.2) is 0 Å². The molecule has 2 N–H and O–H groups in total. The molecule has 1 heterocycles. The maximum absolute atomic E-state index is 8.74. The van der Waals surface area contributed by atoms with Gasteiger partial charge in [-0.2, -0.15) is 4.98 Å². The lowest BCUT2D eigenvalue weighted by Crippen LogP contribution is -2.33. The summed E-state index contributed by atoms with van der Waals surface area (Å²) >= 11 is 0. The molecule has 0 aliphatic heterocycles. The van der Waals surface area contributed by atoms with Crippen molar-refractivity contribution in [2.75, 3.05) is 13.2 Å². The van der Waals surface area contributed by atoms with Crippen molar-refractivity contribution in [2.24, 2.45) is 0 Å². The molecule has 0 bridgehead atoms. The number of aromatic nitrogens is 2. The van der Waals surface area contributed by atoms with Gasteiger partial charge in [0.1, 0.15) is 0 Å². The van der Waals surface area contributed by atoms with Gasteiger partial charge in [0, 0.05) is 25.0 Å². The Bertz CT molecular complexity index is 346. The van der Waals surface area contributed by atoms with Crippen LogP contribution in [0.4, 0.5) is 0 Å². The molecular weight excluding hydrogens is 230 g/mol. The Hall–Kier alpha value is -0.940. The SMILES string of the molecule is CCc1noc(C2CCC(NCCCO)CC2)n1. The van der Waals surface area contributed by atoms with Crippen molar-refractivity contribution in [1.29, 1.82) is 0 Å². The van der Waals surface area contributed by atoms with Crippen LogP contribution in [0.1, 0.15) is 56.7 Å². The van der Waals surface area contributed by atoms with Crippen LogP contribution in [-0.2, 0) is 6.42 Å². The molecule has 2 rings (SSSR count). The summed E-state index contributed by atoms with van der Waals surface area (Å²) in [7, 11) is 0. The van der Waals surface area contributed by atoms with Gasteiger partial charge in [0.05, 0.1) is 0 Å². The van der Waals surface area contributed by atoms with Crippen LogP contribution in [0.2, 0.25) is 0 Å². The van der Waals surface area contributed by atoms with Gasteiger partial charge < -0.3 is 14.9 Å². The third kappa shape index (κ3) is 3.53. The van der Waals surface area contributed by atoms with E-state index in [1.165, 1.54) is 0 Å². The maximum Gasteiger partial charge on any atom is 0.229 e. The molecule has 1 saturated carbocycles. The average Bonchev–Trinajstić information content (AvgIpc) is 2.89. The van der Waals surface area contributed by atoms with Gasteiger partial charge in [-0.3, -0.25) is 0 Å². The highest BCUT2D eigenvalue weighted by Crippen LogP contribution is 2.31. The second-order valence-corrected chi connectivity index (χ2v) is 4.98. The smallest absolute Gasteiger partial charge is 0.229 e. The molecule has 18 heavy (non-hydrogen) atoms. The highest BCUT2D eigenvalue weighted by atomic mass is 16.5. The van der Waals surface area contributed by atoms with E-state index in [2.05, 4.69) is 15.5 Å². The molecule has 1 aliphatic carbocycles. The number of aryl methyl sites for hydroxylation is 1. The summed E-state index contributed by atoms with van der Waals surface area (Å²) in [6.45, 7) is 3.22. The van der Waals surface area contributed by atoms with Crippen LogP contribution in [0.5, 0.6) is 0 Å². The van der Waals surface area contributed by atoms with Crippen molar-refractivity contribution < 1.29 is 9.63 Å². The van der Waals surface area contributed by atoms with E-state index in [4.69, 9.17) is 9.63 Å². The molecule has 1 fully saturated rings. The van der Waals surface area contributed by atoms with Crippen LogP contribution >= 0.6 is 0 Å². The molecule has 0 atom stereocenters. The second-order valence-electron chi connectivity index (χ2n) is 4.98. The quantitative estimate of drug-likeness (QED) is 0.754. The molecule has 1 aromatic rings. The van der Waals surface area contributed by atoms with E-state index in [1.807, 2.05) is 6.92 Å². The number of hydrogen-bond donors (Lipinski definition) is 2. The lowest BCUT2D eigenvalue weighted by molar-refractivity contribution is 0.263. The van der Waals surface area contributed by atoms with E-state index >= 15 is 0 Å². The zero-order chi connectivity index (χ0) is 12.8. The van der Waals surface area contributed by atoms with Crippen molar-refractivity contribution in [1.82, 2.24) is 15.5 Å². The Balaban J connectivity index is 1.75. The summed E-state index contributed by atoms with van der Waals surface area (Å²) in [6, 6.07) is 0.585. The van der Waals surface area contributed by atoms with Crippen molar-refractivity contribution in [3.63, 3.8) is 0 Å². The Morgan fingerprint density at radius 3 is 2.72 bits per heavy atom. The Kier molecular flexibility index (Phi) is 5.13. The Morgan fingerprint density at radius 1 is 1.33 bits per heavy atom. The molecule has 1 aromatic heterocycles. The molecule has 0 saturated heterocycles. The Labute approximate surface area is 108 Å². The van der Waals surface area contributed by atoms with E-state index in [-0.39, 0.29) is 6.61 Å². The summed E-state index contributed by atoms with van der Waals surface area (Å²) in [5.74, 6) is 2.07. The van der Waals surface area contributed by atoms with Crippen LogP contribution < -0.4 is 5.32 Å². The Morgan fingerprint density at radius 2 is 2.11 bits per heavy atom. The zero-order valence-corrected chi connectivity index (χ0v) is 11.1. The molecule has 0 amide bonds. The van der Waals surface area contributed by atoms with Gasteiger partial charge in [0.2, 0.25) is 5.89 Å². The first kappa shape index (κ1) is 13.5. The third-order valence-corrected chi connectivity index (χ3v) is 3.64. The average molecular weight is 253 g/mol. The standard InChI is InChI=1S/C13H23N3O2/c1-2-12-15-13(18-16-12)10-4-6-11(7-5-10)14-8-3-9-17/h10-11,14,17H,2-9H2,1H3. The monoisotopic (exact) mass is 253 g/mol. The lowest BCUT2D eigenvalue weighted by atomic mass is 9.86. The fourth-order valence-electron chi connectivity index (χ4n) is 2.51. The molecule has 0 spiro atoms. The number of nitrogens with one attached hydrogen (secondary N) is 1. The normalized spacial score (nSPS) is 24.3. The van der Waals surface area contributed by atoms with Crippen molar-refractivity contribution in [2.45, 2.75) is 57.4 Å². The van der Waals surface area contributed by atoms with Gasteiger partial charge in [-0.05, 0) is 38.6 Å². The lowest BCUT2D eigenvalue weighted by Gasteiger charge is -2.27. The zero-order valence-electron chi connectivity index (χ0n) is 11.1. The summed E-state index contributed by atoms with van der Waals surface area (Å²) < 4.78 is 5.31. The van der Waals surface area contributed by atoms with Gasteiger partial charge in [0.15, 0.2) is 5.82 Å². The molecule has 0 radical (unpaired) electrons. The summed E-state index contributed by atoms with van der Waals surface area (Å²) in [5.41, 5.74) is 0. The largest absolute Gasteiger partial charge is 0.396 e. The highest BCUT2D eigenvalue weighted by molar-refractivity contribution is 4.97. The van der Waals surface area contributed by atoms with Crippen LogP contribution in [0.3, 0.4) is 0 Å². The van der Waals surface area contributed by atoms with Crippen LogP contribution in [0.25, 0.3) is 0 Å². The molecule has 1 aliphatic rings. The molecule has 102 valence electrons.